The maximum Gasteiger partial charge on any atom is 0.295 e. The Balaban J connectivity index is 2.35. The number of benzene rings is 2. The Hall–Kier alpha value is -2.35. The van der Waals surface area contributed by atoms with E-state index in [1.54, 1.807) is 0 Å². The molecule has 0 saturated heterocycles. The van der Waals surface area contributed by atoms with E-state index in [1.165, 1.54) is 38.6 Å². The molecule has 2 aromatic carbocycles. The van der Waals surface area contributed by atoms with Crippen LogP contribution < -0.4 is 4.40 Å². The predicted molar refractivity (Wildman–Crippen MR) is 111 cm³/mol. The summed E-state index contributed by atoms with van der Waals surface area (Å²) in [5.41, 5.74) is 5.61. The number of pyridine rings is 1. The molecule has 2 nitrogen and oxygen atoms in total. The highest BCUT2D eigenvalue weighted by atomic mass is 15.1. The smallest absolute Gasteiger partial charge is 0.227 e. The molecule has 4 rings (SSSR count). The maximum atomic E-state index is 2.46. The van der Waals surface area contributed by atoms with E-state index in [0.29, 0.717) is 0 Å². The molecule has 2 aromatic heterocycles. The summed E-state index contributed by atoms with van der Waals surface area (Å²) in [7, 11) is 0. The summed E-state index contributed by atoms with van der Waals surface area (Å²) < 4.78 is 4.87. The first-order chi connectivity index (χ1) is 12.6. The molecule has 0 amide bonds. The Labute approximate surface area is 156 Å². The molecule has 2 heterocycles. The lowest BCUT2D eigenvalue weighted by Gasteiger charge is -2.28. The Morgan fingerprint density at radius 2 is 1.62 bits per heavy atom. The van der Waals surface area contributed by atoms with Crippen LogP contribution in [0, 0.1) is 6.92 Å². The number of rotatable bonds is 4. The van der Waals surface area contributed by atoms with E-state index in [9.17, 15) is 0 Å². The van der Waals surface area contributed by atoms with Crippen molar-refractivity contribution in [2.75, 3.05) is 0 Å². The van der Waals surface area contributed by atoms with Crippen LogP contribution in [0.5, 0.6) is 0 Å². The van der Waals surface area contributed by atoms with Crippen LogP contribution in [0.2, 0.25) is 0 Å². The van der Waals surface area contributed by atoms with Crippen LogP contribution in [0.1, 0.15) is 51.8 Å². The van der Waals surface area contributed by atoms with E-state index < -0.39 is 0 Å². The van der Waals surface area contributed by atoms with E-state index in [2.05, 4.69) is 92.2 Å². The molecule has 134 valence electrons. The molecule has 0 aliphatic heterocycles. The van der Waals surface area contributed by atoms with Gasteiger partial charge >= 0.3 is 0 Å². The van der Waals surface area contributed by atoms with Gasteiger partial charge in [-0.05, 0) is 36.8 Å². The topological polar surface area (TPSA) is 9.03 Å². The van der Waals surface area contributed by atoms with Crippen LogP contribution in [0.15, 0.2) is 48.7 Å². The summed E-state index contributed by atoms with van der Waals surface area (Å²) >= 11 is 0. The lowest BCUT2D eigenvalue weighted by atomic mass is 9.76. The lowest BCUT2D eigenvalue weighted by molar-refractivity contribution is -0.479. The molecule has 0 fully saturated rings. The molecule has 0 atom stereocenters. The van der Waals surface area contributed by atoms with Crippen LogP contribution in [0.25, 0.3) is 27.3 Å². The van der Waals surface area contributed by atoms with E-state index in [1.807, 2.05) is 0 Å². The van der Waals surface area contributed by atoms with Crippen LogP contribution >= 0.6 is 0 Å². The highest BCUT2D eigenvalue weighted by Gasteiger charge is 2.30. The molecule has 4 aromatic rings. The van der Waals surface area contributed by atoms with Gasteiger partial charge in [0.15, 0.2) is 0 Å². The normalized spacial score (nSPS) is 12.5. The standard InChI is InChI=1S/C24H29N2/c1-6-24(5,7-2)20-14-11-13-19-18-12-9-10-15-21(18)26-16-17(4)25(8-3)23(26)22(19)20/h9-16H,6-8H2,1-5H3/q+1. The first-order valence-electron chi connectivity index (χ1n) is 9.91. The quantitative estimate of drug-likeness (QED) is 0.320. The van der Waals surface area contributed by atoms with E-state index in [4.69, 9.17) is 0 Å². The predicted octanol–water partition coefficient (Wildman–Crippen LogP) is 5.94. The Kier molecular flexibility index (Phi) is 4.02. The molecule has 26 heavy (non-hydrogen) atoms. The Bertz CT molecular complexity index is 1110. The van der Waals surface area contributed by atoms with Crippen LogP contribution in [-0.2, 0) is 12.0 Å². The fourth-order valence-corrected chi connectivity index (χ4v) is 4.52. The van der Waals surface area contributed by atoms with Gasteiger partial charge in [0.2, 0.25) is 0 Å². The molecular weight excluding hydrogens is 316 g/mol. The van der Waals surface area contributed by atoms with E-state index in [0.717, 1.165) is 19.4 Å². The van der Waals surface area contributed by atoms with Gasteiger partial charge in [0.05, 0.1) is 11.9 Å². The monoisotopic (exact) mass is 345 g/mol. The highest BCUT2D eigenvalue weighted by molar-refractivity contribution is 6.10. The van der Waals surface area contributed by atoms with Gasteiger partial charge in [-0.2, -0.15) is 4.40 Å². The Morgan fingerprint density at radius 3 is 2.31 bits per heavy atom. The van der Waals surface area contributed by atoms with E-state index in [-0.39, 0.29) is 5.41 Å². The van der Waals surface area contributed by atoms with Gasteiger partial charge in [-0.25, -0.2) is 4.57 Å². The van der Waals surface area contributed by atoms with Crippen molar-refractivity contribution >= 4 is 27.3 Å². The SMILES string of the molecule is CCn1c(C)c[n+]2c3ccccc3c3cccc(C(C)(CC)CC)c3c12. The number of hydrogen-bond acceptors (Lipinski definition) is 0. The zero-order chi connectivity index (χ0) is 18.5. The average Bonchev–Trinajstić information content (AvgIpc) is 3.03. The second-order valence-electron chi connectivity index (χ2n) is 7.72. The summed E-state index contributed by atoms with van der Waals surface area (Å²) in [4.78, 5) is 0. The van der Waals surface area contributed by atoms with Crippen molar-refractivity contribution in [1.29, 1.82) is 0 Å². The molecule has 0 N–H and O–H groups in total. The molecule has 2 heteroatoms. The number of nitrogens with zero attached hydrogens (tertiary/aromatic N) is 2. The largest absolute Gasteiger partial charge is 0.295 e. The number of imidazole rings is 1. The summed E-state index contributed by atoms with van der Waals surface area (Å²) in [6, 6.07) is 15.7. The fourth-order valence-electron chi connectivity index (χ4n) is 4.52. The first-order valence-corrected chi connectivity index (χ1v) is 9.91. The number of aryl methyl sites for hydroxylation is 2. The third-order valence-electron chi connectivity index (χ3n) is 6.49. The number of fused-ring (bicyclic) bond motifs is 6. The van der Waals surface area contributed by atoms with Crippen LogP contribution in [-0.4, -0.2) is 4.57 Å². The van der Waals surface area contributed by atoms with Crippen molar-refractivity contribution in [1.82, 2.24) is 4.57 Å². The first kappa shape index (κ1) is 17.1. The molecule has 0 aliphatic rings. The summed E-state index contributed by atoms with van der Waals surface area (Å²) in [6.45, 7) is 12.5. The third kappa shape index (κ3) is 2.21. The maximum absolute atomic E-state index is 2.46. The minimum Gasteiger partial charge on any atom is -0.227 e. The van der Waals surface area contributed by atoms with Crippen molar-refractivity contribution in [2.45, 2.75) is 59.4 Å². The second kappa shape index (κ2) is 6.12. The average molecular weight is 346 g/mol. The fraction of sp³-hybridized carbons (Fsp3) is 0.375. The number of aromatic nitrogens is 2. The molecule has 0 aliphatic carbocycles. The van der Waals surface area contributed by atoms with Gasteiger partial charge in [-0.15, -0.1) is 0 Å². The Morgan fingerprint density at radius 1 is 0.923 bits per heavy atom. The van der Waals surface area contributed by atoms with Crippen molar-refractivity contribution in [3.05, 3.63) is 59.9 Å². The van der Waals surface area contributed by atoms with Crippen molar-refractivity contribution in [3.8, 4) is 0 Å². The van der Waals surface area contributed by atoms with Gasteiger partial charge in [0.25, 0.3) is 5.65 Å². The van der Waals surface area contributed by atoms with Crippen molar-refractivity contribution < 1.29 is 4.40 Å². The zero-order valence-corrected chi connectivity index (χ0v) is 16.6. The molecule has 0 spiro atoms. The highest BCUT2D eigenvalue weighted by Crippen LogP contribution is 2.39. The molecule has 0 radical (unpaired) electrons. The molecular formula is C24H29N2+. The zero-order valence-electron chi connectivity index (χ0n) is 16.6. The van der Waals surface area contributed by atoms with Crippen LogP contribution in [0.4, 0.5) is 0 Å². The number of para-hydroxylation sites is 1. The summed E-state index contributed by atoms with van der Waals surface area (Å²) in [6.07, 6.45) is 4.59. The van der Waals surface area contributed by atoms with Crippen LogP contribution in [0.3, 0.4) is 0 Å². The van der Waals surface area contributed by atoms with Gasteiger partial charge in [-0.1, -0.05) is 57.2 Å². The van der Waals surface area contributed by atoms with E-state index >= 15 is 0 Å². The minimum atomic E-state index is 0.187. The number of hydrogen-bond donors (Lipinski definition) is 0. The van der Waals surface area contributed by atoms with Crippen molar-refractivity contribution in [2.24, 2.45) is 0 Å². The van der Waals surface area contributed by atoms with Gasteiger partial charge in [0.1, 0.15) is 17.4 Å². The molecule has 0 bridgehead atoms. The molecule has 0 unspecified atom stereocenters. The third-order valence-corrected chi connectivity index (χ3v) is 6.49. The summed E-state index contributed by atoms with van der Waals surface area (Å²) in [5, 5.41) is 4.14. The van der Waals surface area contributed by atoms with Gasteiger partial charge < -0.3 is 0 Å². The second-order valence-corrected chi connectivity index (χ2v) is 7.72. The molecule has 0 saturated carbocycles. The van der Waals surface area contributed by atoms with Gasteiger partial charge in [0, 0.05) is 17.7 Å². The summed E-state index contributed by atoms with van der Waals surface area (Å²) in [5.74, 6) is 0. The van der Waals surface area contributed by atoms with Gasteiger partial charge in [-0.3, -0.25) is 0 Å². The minimum absolute atomic E-state index is 0.187. The van der Waals surface area contributed by atoms with Crippen molar-refractivity contribution in [3.63, 3.8) is 0 Å². The lowest BCUT2D eigenvalue weighted by Crippen LogP contribution is -2.25.